The van der Waals surface area contributed by atoms with Gasteiger partial charge in [-0.25, -0.2) is 0 Å². The third-order valence-electron chi connectivity index (χ3n) is 2.25. The van der Waals surface area contributed by atoms with E-state index in [2.05, 4.69) is 28.7 Å². The van der Waals surface area contributed by atoms with E-state index in [1.165, 1.54) is 0 Å². The van der Waals surface area contributed by atoms with Gasteiger partial charge in [0.15, 0.2) is 0 Å². The maximum atomic E-state index is 11.5. The molecule has 0 saturated heterocycles. The topological polar surface area (TPSA) is 20.3 Å². The van der Waals surface area contributed by atoms with Crippen molar-refractivity contribution in [3.63, 3.8) is 0 Å². The Bertz CT molecular complexity index is 447. The minimum atomic E-state index is 0.00946. The van der Waals surface area contributed by atoms with E-state index in [1.807, 2.05) is 37.3 Å². The fourth-order valence-corrected chi connectivity index (χ4v) is 1.64. The van der Waals surface area contributed by atoms with Gasteiger partial charge < -0.3 is 4.90 Å². The molecule has 0 bridgehead atoms. The molecular formula is C14H16INO. The number of allylic oxidation sites excluding steroid dienone is 2. The van der Waals surface area contributed by atoms with Crippen LogP contribution in [0.4, 0.5) is 0 Å². The first-order chi connectivity index (χ1) is 8.00. The highest BCUT2D eigenvalue weighted by atomic mass is 127. The second-order valence-electron chi connectivity index (χ2n) is 3.96. The molecule has 0 aliphatic carbocycles. The first-order valence-corrected chi connectivity index (χ1v) is 6.41. The van der Waals surface area contributed by atoms with Crippen molar-refractivity contribution < 1.29 is 4.79 Å². The number of benzene rings is 1. The molecule has 0 radical (unpaired) electrons. The van der Waals surface area contributed by atoms with Crippen molar-refractivity contribution in [3.8, 4) is 0 Å². The molecule has 0 fully saturated rings. The number of halogens is 1. The van der Waals surface area contributed by atoms with E-state index in [9.17, 15) is 4.79 Å². The van der Waals surface area contributed by atoms with E-state index >= 15 is 0 Å². The molecule has 0 aliphatic heterocycles. The molecule has 2 nitrogen and oxygen atoms in total. The van der Waals surface area contributed by atoms with Crippen LogP contribution < -0.4 is 0 Å². The summed E-state index contributed by atoms with van der Waals surface area (Å²) >= 11 is 2.19. The van der Waals surface area contributed by atoms with Crippen molar-refractivity contribution in [1.82, 2.24) is 4.90 Å². The first-order valence-electron chi connectivity index (χ1n) is 5.33. The maximum absolute atomic E-state index is 11.5. The molecule has 0 saturated carbocycles. The Labute approximate surface area is 116 Å². The summed E-state index contributed by atoms with van der Waals surface area (Å²) in [5.41, 5.74) is 2.23. The second kappa shape index (κ2) is 6.59. The van der Waals surface area contributed by atoms with Gasteiger partial charge in [0.05, 0.1) is 0 Å². The van der Waals surface area contributed by atoms with Crippen LogP contribution in [0.2, 0.25) is 0 Å². The summed E-state index contributed by atoms with van der Waals surface area (Å²) in [6.07, 6.45) is 3.72. The highest BCUT2D eigenvalue weighted by Gasteiger charge is 2.02. The minimum absolute atomic E-state index is 0.00946. The standard InChI is InChI=1S/C14H16INO/c1-11(9-12-7-5-4-6-8-12)13(15)10-14(17)16(2)3/h4-10H,1-3H3/b11-9+,13-10-. The molecule has 0 unspecified atom stereocenters. The lowest BCUT2D eigenvalue weighted by atomic mass is 10.1. The molecule has 0 aliphatic rings. The highest BCUT2D eigenvalue weighted by molar-refractivity contribution is 14.1. The molecule has 0 atom stereocenters. The minimum Gasteiger partial charge on any atom is -0.345 e. The average Bonchev–Trinajstić information content (AvgIpc) is 2.29. The number of carbonyl (C=O) groups excluding carboxylic acids is 1. The Kier molecular flexibility index (Phi) is 5.41. The molecule has 1 amide bonds. The predicted molar refractivity (Wildman–Crippen MR) is 80.9 cm³/mol. The van der Waals surface area contributed by atoms with Gasteiger partial charge in [-0.15, -0.1) is 0 Å². The second-order valence-corrected chi connectivity index (χ2v) is 5.13. The van der Waals surface area contributed by atoms with Crippen molar-refractivity contribution in [2.45, 2.75) is 6.92 Å². The third-order valence-corrected chi connectivity index (χ3v) is 3.41. The van der Waals surface area contributed by atoms with E-state index in [-0.39, 0.29) is 5.91 Å². The molecule has 1 aromatic carbocycles. The van der Waals surface area contributed by atoms with Crippen molar-refractivity contribution in [2.24, 2.45) is 0 Å². The molecule has 90 valence electrons. The molecule has 1 rings (SSSR count). The molecular weight excluding hydrogens is 325 g/mol. The summed E-state index contributed by atoms with van der Waals surface area (Å²) in [6, 6.07) is 10.1. The van der Waals surface area contributed by atoms with Crippen LogP contribution in [-0.2, 0) is 4.79 Å². The van der Waals surface area contributed by atoms with Crippen LogP contribution in [0.5, 0.6) is 0 Å². The average molecular weight is 341 g/mol. The molecule has 17 heavy (non-hydrogen) atoms. The van der Waals surface area contributed by atoms with Crippen LogP contribution in [0.25, 0.3) is 6.08 Å². The Balaban J connectivity index is 2.87. The zero-order valence-electron chi connectivity index (χ0n) is 10.3. The summed E-state index contributed by atoms with van der Waals surface area (Å²) < 4.78 is 0.963. The van der Waals surface area contributed by atoms with Crippen LogP contribution in [0.15, 0.2) is 45.6 Å². The largest absolute Gasteiger partial charge is 0.345 e. The predicted octanol–water partition coefficient (Wildman–Crippen LogP) is 3.50. The normalized spacial score (nSPS) is 12.5. The summed E-state index contributed by atoms with van der Waals surface area (Å²) in [5, 5.41) is 0. The molecule has 0 spiro atoms. The first kappa shape index (κ1) is 14.0. The van der Waals surface area contributed by atoms with Gasteiger partial charge in [-0.1, -0.05) is 36.4 Å². The Morgan fingerprint density at radius 3 is 2.35 bits per heavy atom. The molecule has 0 N–H and O–H groups in total. The lowest BCUT2D eigenvalue weighted by Crippen LogP contribution is -2.19. The zero-order chi connectivity index (χ0) is 12.8. The SMILES string of the molecule is CC(=C\c1ccccc1)/C(I)=C/C(=O)N(C)C. The van der Waals surface area contributed by atoms with Crippen LogP contribution in [0.1, 0.15) is 12.5 Å². The van der Waals surface area contributed by atoms with E-state index in [4.69, 9.17) is 0 Å². The van der Waals surface area contributed by atoms with Gasteiger partial charge in [0, 0.05) is 23.8 Å². The maximum Gasteiger partial charge on any atom is 0.247 e. The van der Waals surface area contributed by atoms with Gasteiger partial charge in [0.25, 0.3) is 0 Å². The quantitative estimate of drug-likeness (QED) is 0.468. The summed E-state index contributed by atoms with van der Waals surface area (Å²) in [7, 11) is 3.50. The fourth-order valence-electron chi connectivity index (χ4n) is 1.22. The van der Waals surface area contributed by atoms with Gasteiger partial charge in [-0.05, 0) is 40.7 Å². The van der Waals surface area contributed by atoms with Crippen molar-refractivity contribution >= 4 is 34.6 Å². The Morgan fingerprint density at radius 2 is 1.82 bits per heavy atom. The number of rotatable bonds is 3. The van der Waals surface area contributed by atoms with Gasteiger partial charge in [-0.2, -0.15) is 0 Å². The molecule has 3 heteroatoms. The lowest BCUT2D eigenvalue weighted by molar-refractivity contribution is -0.123. The number of carbonyl (C=O) groups is 1. The van der Waals surface area contributed by atoms with Gasteiger partial charge >= 0.3 is 0 Å². The molecule has 1 aromatic rings. The van der Waals surface area contributed by atoms with E-state index < -0.39 is 0 Å². The molecule has 0 aromatic heterocycles. The van der Waals surface area contributed by atoms with E-state index in [0.29, 0.717) is 0 Å². The van der Waals surface area contributed by atoms with Crippen molar-refractivity contribution in [2.75, 3.05) is 14.1 Å². The number of hydrogen-bond acceptors (Lipinski definition) is 1. The Hall–Kier alpha value is -1.10. The zero-order valence-corrected chi connectivity index (χ0v) is 12.4. The third kappa shape index (κ3) is 4.73. The monoisotopic (exact) mass is 341 g/mol. The van der Waals surface area contributed by atoms with Gasteiger partial charge in [-0.3, -0.25) is 4.79 Å². The summed E-state index contributed by atoms with van der Waals surface area (Å²) in [5.74, 6) is 0.00946. The number of amides is 1. The summed E-state index contributed by atoms with van der Waals surface area (Å²) in [6.45, 7) is 2.01. The van der Waals surface area contributed by atoms with Gasteiger partial charge in [0.2, 0.25) is 5.91 Å². The number of nitrogens with zero attached hydrogens (tertiary/aromatic N) is 1. The van der Waals surface area contributed by atoms with Crippen LogP contribution in [0.3, 0.4) is 0 Å². The van der Waals surface area contributed by atoms with E-state index in [0.717, 1.165) is 14.7 Å². The van der Waals surface area contributed by atoms with Crippen LogP contribution in [0, 0.1) is 0 Å². The van der Waals surface area contributed by atoms with Crippen molar-refractivity contribution in [1.29, 1.82) is 0 Å². The Morgan fingerprint density at radius 1 is 1.24 bits per heavy atom. The summed E-state index contributed by atoms with van der Waals surface area (Å²) in [4.78, 5) is 13.1. The van der Waals surface area contributed by atoms with Gasteiger partial charge in [0.1, 0.15) is 0 Å². The van der Waals surface area contributed by atoms with Crippen LogP contribution in [-0.4, -0.2) is 24.9 Å². The molecule has 0 heterocycles. The highest BCUT2D eigenvalue weighted by Crippen LogP contribution is 2.20. The van der Waals surface area contributed by atoms with Crippen LogP contribution >= 0.6 is 22.6 Å². The smallest absolute Gasteiger partial charge is 0.247 e. The fraction of sp³-hybridized carbons (Fsp3) is 0.214. The number of hydrogen-bond donors (Lipinski definition) is 0. The number of likely N-dealkylation sites (N-methyl/N-ethyl adjacent to an activating group) is 1. The van der Waals surface area contributed by atoms with Crippen molar-refractivity contribution in [3.05, 3.63) is 51.1 Å². The van der Waals surface area contributed by atoms with E-state index in [1.54, 1.807) is 25.1 Å². The lowest BCUT2D eigenvalue weighted by Gasteiger charge is -2.07.